The molecule has 4 aromatic rings. The largest absolute Gasteiger partial charge is 0.382 e. The van der Waals surface area contributed by atoms with Gasteiger partial charge in [-0.1, -0.05) is 17.7 Å². The van der Waals surface area contributed by atoms with Crippen LogP contribution in [0.1, 0.15) is 50.7 Å². The second-order valence-corrected chi connectivity index (χ2v) is 11.8. The summed E-state index contributed by atoms with van der Waals surface area (Å²) in [5.74, 6) is 1.07. The Hall–Kier alpha value is -3.14. The Balaban J connectivity index is 1.30. The fourth-order valence-corrected chi connectivity index (χ4v) is 5.43. The summed E-state index contributed by atoms with van der Waals surface area (Å²) in [6, 6.07) is 6.34. The minimum Gasteiger partial charge on any atom is -0.382 e. The number of piperidine rings is 1. The van der Waals surface area contributed by atoms with Gasteiger partial charge < -0.3 is 24.9 Å². The summed E-state index contributed by atoms with van der Waals surface area (Å²) in [6.07, 6.45) is 7.27. The average molecular weight is 552 g/mol. The highest BCUT2D eigenvalue weighted by Gasteiger charge is 2.23. The van der Waals surface area contributed by atoms with Gasteiger partial charge >= 0.3 is 0 Å². The number of aryl methyl sites for hydroxylation is 1. The molecule has 5 rings (SSSR count). The third-order valence-corrected chi connectivity index (χ3v) is 7.45. The minimum atomic E-state index is -0.193. The molecule has 0 radical (unpaired) electrons. The third kappa shape index (κ3) is 6.72. The van der Waals surface area contributed by atoms with Crippen molar-refractivity contribution in [1.29, 1.82) is 0 Å². The highest BCUT2D eigenvalue weighted by atomic mass is 35.5. The summed E-state index contributed by atoms with van der Waals surface area (Å²) in [5, 5.41) is 8.17. The van der Waals surface area contributed by atoms with Crippen LogP contribution in [0.2, 0.25) is 5.02 Å². The normalized spacial score (nSPS) is 15.3. The van der Waals surface area contributed by atoms with Gasteiger partial charge in [0, 0.05) is 25.5 Å². The van der Waals surface area contributed by atoms with Gasteiger partial charge in [-0.2, -0.15) is 5.10 Å². The zero-order valence-corrected chi connectivity index (χ0v) is 23.9. The number of anilines is 1. The van der Waals surface area contributed by atoms with Crippen LogP contribution in [0.3, 0.4) is 0 Å². The number of aromatic nitrogens is 5. The Morgan fingerprint density at radius 2 is 2.00 bits per heavy atom. The number of hydrogen-bond donors (Lipinski definition) is 3. The van der Waals surface area contributed by atoms with Crippen LogP contribution in [-0.2, 0) is 11.3 Å². The zero-order chi connectivity index (χ0) is 27.6. The number of aromatic amines is 2. The second-order valence-electron chi connectivity index (χ2n) is 11.3. The number of ether oxygens (including phenoxy) is 1. The number of hydrogen-bond acceptors (Lipinski definition) is 6. The number of fused-ring (bicyclic) bond motifs is 1. The molecule has 1 aliphatic heterocycles. The molecular weight excluding hydrogens is 514 g/mol. The van der Waals surface area contributed by atoms with Crippen LogP contribution >= 0.6 is 11.6 Å². The van der Waals surface area contributed by atoms with Crippen LogP contribution in [0, 0.1) is 6.92 Å². The highest BCUT2D eigenvalue weighted by molar-refractivity contribution is 6.30. The predicted octanol–water partition coefficient (Wildman–Crippen LogP) is 5.18. The SMILES string of the molecule is Cc1cc(C2CCN(CCOC(C)(C)C)CC2)cc2[nH]c(-c3c(NCCn4cc(Cl)cn4)cc[nH]c3=O)nc12. The smallest absolute Gasteiger partial charge is 0.261 e. The molecule has 0 aliphatic carbocycles. The van der Waals surface area contributed by atoms with Crippen molar-refractivity contribution in [3.8, 4) is 11.4 Å². The molecular formula is C29H38ClN7O2. The first-order valence-corrected chi connectivity index (χ1v) is 14.0. The van der Waals surface area contributed by atoms with E-state index in [2.05, 4.69) is 65.1 Å². The van der Waals surface area contributed by atoms with E-state index in [9.17, 15) is 4.79 Å². The van der Waals surface area contributed by atoms with Crippen LogP contribution in [0.25, 0.3) is 22.4 Å². The maximum Gasteiger partial charge on any atom is 0.261 e. The molecule has 4 heterocycles. The highest BCUT2D eigenvalue weighted by Crippen LogP contribution is 2.33. The molecule has 9 nitrogen and oxygen atoms in total. The Bertz CT molecular complexity index is 1480. The number of rotatable bonds is 9. The Morgan fingerprint density at radius 3 is 2.72 bits per heavy atom. The van der Waals surface area contributed by atoms with Crippen LogP contribution < -0.4 is 10.9 Å². The van der Waals surface area contributed by atoms with Crippen LogP contribution in [0.5, 0.6) is 0 Å². The fourth-order valence-electron chi connectivity index (χ4n) is 5.27. The molecule has 0 atom stereocenters. The lowest BCUT2D eigenvalue weighted by atomic mass is 9.88. The predicted molar refractivity (Wildman–Crippen MR) is 157 cm³/mol. The minimum absolute atomic E-state index is 0.0925. The summed E-state index contributed by atoms with van der Waals surface area (Å²) in [7, 11) is 0. The zero-order valence-electron chi connectivity index (χ0n) is 23.2. The summed E-state index contributed by atoms with van der Waals surface area (Å²) >= 11 is 5.96. The standard InChI is InChI=1S/C29H38ClN7O2/c1-19-15-21(20-6-10-36(11-7-20)13-14-39-29(2,3)4)16-24-26(19)35-27(34-24)25-23(5-8-32-28(25)38)31-9-12-37-18-22(30)17-33-37/h5,8,15-18,20H,6-7,9-14H2,1-4H3,(H,34,35)(H2,31,32,38). The summed E-state index contributed by atoms with van der Waals surface area (Å²) in [4.78, 5) is 26.5. The fraction of sp³-hybridized carbons (Fsp3) is 0.483. The Labute approximate surface area is 233 Å². The third-order valence-electron chi connectivity index (χ3n) is 7.26. The first kappa shape index (κ1) is 27.4. The molecule has 1 aliphatic rings. The maximum absolute atomic E-state index is 12.9. The van der Waals surface area contributed by atoms with E-state index < -0.39 is 0 Å². The number of nitrogens with one attached hydrogen (secondary N) is 3. The van der Waals surface area contributed by atoms with E-state index in [1.165, 1.54) is 5.56 Å². The summed E-state index contributed by atoms with van der Waals surface area (Å²) in [6.45, 7) is 13.5. The van der Waals surface area contributed by atoms with Gasteiger partial charge in [0.2, 0.25) is 0 Å². The van der Waals surface area contributed by atoms with E-state index in [-0.39, 0.29) is 11.2 Å². The van der Waals surface area contributed by atoms with Gasteiger partial charge in [-0.15, -0.1) is 0 Å². The number of likely N-dealkylation sites (tertiary alicyclic amines) is 1. The number of imidazole rings is 1. The van der Waals surface area contributed by atoms with Gasteiger partial charge in [0.25, 0.3) is 5.56 Å². The van der Waals surface area contributed by atoms with Gasteiger partial charge in [-0.3, -0.25) is 9.48 Å². The molecule has 0 spiro atoms. The summed E-state index contributed by atoms with van der Waals surface area (Å²) < 4.78 is 7.68. The molecule has 208 valence electrons. The number of nitrogens with zero attached hydrogens (tertiary/aromatic N) is 4. The van der Waals surface area contributed by atoms with E-state index in [1.54, 1.807) is 23.3 Å². The number of halogens is 1. The maximum atomic E-state index is 12.9. The van der Waals surface area contributed by atoms with Gasteiger partial charge in [0.1, 0.15) is 11.4 Å². The van der Waals surface area contributed by atoms with Gasteiger partial charge in [-0.05, 0) is 82.8 Å². The van der Waals surface area contributed by atoms with Crippen molar-refractivity contribution in [2.45, 2.75) is 58.6 Å². The van der Waals surface area contributed by atoms with E-state index in [4.69, 9.17) is 21.3 Å². The van der Waals surface area contributed by atoms with E-state index >= 15 is 0 Å². The molecule has 3 aromatic heterocycles. The number of benzene rings is 1. The van der Waals surface area contributed by atoms with Crippen LogP contribution in [0.4, 0.5) is 5.69 Å². The monoisotopic (exact) mass is 551 g/mol. The lowest BCUT2D eigenvalue weighted by Crippen LogP contribution is -2.36. The topological polar surface area (TPSA) is 104 Å². The number of H-pyrrole nitrogens is 2. The first-order valence-electron chi connectivity index (χ1n) is 13.7. The molecule has 1 aromatic carbocycles. The molecule has 10 heteroatoms. The van der Waals surface area contributed by atoms with Crippen molar-refractivity contribution in [3.05, 3.63) is 63.3 Å². The van der Waals surface area contributed by atoms with Crippen molar-refractivity contribution >= 4 is 28.3 Å². The van der Waals surface area contributed by atoms with Crippen LogP contribution in [-0.4, -0.2) is 68.0 Å². The quantitative estimate of drug-likeness (QED) is 0.265. The van der Waals surface area contributed by atoms with Crippen LogP contribution in [0.15, 0.2) is 41.6 Å². The van der Waals surface area contributed by atoms with Gasteiger partial charge in [0.15, 0.2) is 0 Å². The van der Waals surface area contributed by atoms with Gasteiger partial charge in [0.05, 0.1) is 46.7 Å². The molecule has 0 unspecified atom stereocenters. The van der Waals surface area contributed by atoms with E-state index in [0.29, 0.717) is 35.4 Å². The van der Waals surface area contributed by atoms with Crippen molar-refractivity contribution in [2.75, 3.05) is 38.1 Å². The Morgan fingerprint density at radius 1 is 1.21 bits per heavy atom. The van der Waals surface area contributed by atoms with Crippen molar-refractivity contribution in [3.63, 3.8) is 0 Å². The second kappa shape index (κ2) is 11.5. The van der Waals surface area contributed by atoms with E-state index in [1.807, 2.05) is 6.07 Å². The molecule has 0 amide bonds. The molecule has 1 fully saturated rings. The van der Waals surface area contributed by atoms with Crippen molar-refractivity contribution in [2.24, 2.45) is 0 Å². The van der Waals surface area contributed by atoms with Crippen molar-refractivity contribution in [1.82, 2.24) is 29.6 Å². The lowest BCUT2D eigenvalue weighted by Gasteiger charge is -2.33. The van der Waals surface area contributed by atoms with Gasteiger partial charge in [-0.25, -0.2) is 4.98 Å². The molecule has 0 bridgehead atoms. The van der Waals surface area contributed by atoms with Crippen molar-refractivity contribution < 1.29 is 4.74 Å². The Kier molecular flexibility index (Phi) is 8.11. The molecule has 1 saturated heterocycles. The first-order chi connectivity index (χ1) is 18.7. The molecule has 3 N–H and O–H groups in total. The summed E-state index contributed by atoms with van der Waals surface area (Å²) in [5.41, 5.74) is 5.23. The average Bonchev–Trinajstić information content (AvgIpc) is 3.50. The number of pyridine rings is 1. The molecule has 39 heavy (non-hydrogen) atoms. The van der Waals surface area contributed by atoms with E-state index in [0.717, 1.165) is 61.4 Å². The lowest BCUT2D eigenvalue weighted by molar-refractivity contribution is -0.0152. The molecule has 0 saturated carbocycles.